The normalized spacial score (nSPS) is 11.5. The fourth-order valence-electron chi connectivity index (χ4n) is 0.557. The van der Waals surface area contributed by atoms with Crippen molar-refractivity contribution >= 4 is 0 Å². The SMILES string of the molecule is C=C(C)C(O)C#CCCCC. The van der Waals surface area contributed by atoms with Gasteiger partial charge < -0.3 is 5.11 Å². The zero-order valence-electron chi connectivity index (χ0n) is 7.35. The largest absolute Gasteiger partial charge is 0.376 e. The Kier molecular flexibility index (Phi) is 5.60. The predicted octanol–water partition coefficient (Wildman–Crippen LogP) is 2.12. The van der Waals surface area contributed by atoms with Crippen LogP contribution >= 0.6 is 0 Å². The van der Waals surface area contributed by atoms with Crippen molar-refractivity contribution < 1.29 is 5.11 Å². The number of aliphatic hydroxyl groups is 1. The molecule has 62 valence electrons. The van der Waals surface area contributed by atoms with Crippen LogP contribution in [-0.4, -0.2) is 11.2 Å². The molecule has 1 unspecified atom stereocenters. The summed E-state index contributed by atoms with van der Waals surface area (Å²) >= 11 is 0. The van der Waals surface area contributed by atoms with Crippen molar-refractivity contribution in [2.45, 2.75) is 39.2 Å². The molecule has 0 fully saturated rings. The number of hydrogen-bond acceptors (Lipinski definition) is 1. The zero-order chi connectivity index (χ0) is 8.69. The Balaban J connectivity index is 3.60. The second-order valence-corrected chi connectivity index (χ2v) is 2.67. The van der Waals surface area contributed by atoms with Crippen LogP contribution in [0.15, 0.2) is 12.2 Å². The number of hydrogen-bond donors (Lipinski definition) is 1. The van der Waals surface area contributed by atoms with Crippen molar-refractivity contribution in [2.24, 2.45) is 0 Å². The van der Waals surface area contributed by atoms with Gasteiger partial charge in [0.1, 0.15) is 6.10 Å². The van der Waals surface area contributed by atoms with Crippen molar-refractivity contribution in [2.75, 3.05) is 0 Å². The Morgan fingerprint density at radius 1 is 1.64 bits per heavy atom. The molecule has 1 nitrogen and oxygen atoms in total. The predicted molar refractivity (Wildman–Crippen MR) is 48.1 cm³/mol. The standard InChI is InChI=1S/C10H16O/c1-4-5-6-7-8-10(11)9(2)3/h10-11H,2,4-6H2,1,3H3. The highest BCUT2D eigenvalue weighted by Gasteiger charge is 1.95. The summed E-state index contributed by atoms with van der Waals surface area (Å²) in [7, 11) is 0. The van der Waals surface area contributed by atoms with Crippen LogP contribution in [-0.2, 0) is 0 Å². The minimum absolute atomic E-state index is 0.633. The van der Waals surface area contributed by atoms with Crippen LogP contribution in [0.4, 0.5) is 0 Å². The van der Waals surface area contributed by atoms with Crippen LogP contribution in [0, 0.1) is 11.8 Å². The number of rotatable bonds is 3. The van der Waals surface area contributed by atoms with Gasteiger partial charge in [0.15, 0.2) is 0 Å². The van der Waals surface area contributed by atoms with Crippen molar-refractivity contribution in [1.29, 1.82) is 0 Å². The molecule has 0 saturated heterocycles. The minimum atomic E-state index is -0.633. The lowest BCUT2D eigenvalue weighted by Crippen LogP contribution is -2.02. The molecule has 1 heteroatoms. The van der Waals surface area contributed by atoms with Crippen molar-refractivity contribution in [3.05, 3.63) is 12.2 Å². The van der Waals surface area contributed by atoms with E-state index in [1.165, 1.54) is 0 Å². The molecule has 0 amide bonds. The molecule has 0 aliphatic rings. The molecule has 11 heavy (non-hydrogen) atoms. The first kappa shape index (κ1) is 10.3. The minimum Gasteiger partial charge on any atom is -0.376 e. The third-order valence-electron chi connectivity index (χ3n) is 1.36. The molecule has 0 bridgehead atoms. The highest BCUT2D eigenvalue weighted by molar-refractivity contribution is 5.16. The van der Waals surface area contributed by atoms with Crippen molar-refractivity contribution in [3.63, 3.8) is 0 Å². The lowest BCUT2D eigenvalue weighted by atomic mass is 10.2. The Hall–Kier alpha value is -0.740. The molecule has 1 N–H and O–H groups in total. The van der Waals surface area contributed by atoms with Crippen LogP contribution in [0.5, 0.6) is 0 Å². The maximum absolute atomic E-state index is 9.15. The van der Waals surface area contributed by atoms with Gasteiger partial charge in [0.25, 0.3) is 0 Å². The zero-order valence-corrected chi connectivity index (χ0v) is 7.35. The first-order valence-electron chi connectivity index (χ1n) is 4.00. The van der Waals surface area contributed by atoms with E-state index in [9.17, 15) is 0 Å². The second-order valence-electron chi connectivity index (χ2n) is 2.67. The van der Waals surface area contributed by atoms with Crippen LogP contribution in [0.25, 0.3) is 0 Å². The van der Waals surface area contributed by atoms with Crippen LogP contribution in [0.1, 0.15) is 33.1 Å². The summed E-state index contributed by atoms with van der Waals surface area (Å²) in [5, 5.41) is 9.15. The molecule has 0 aliphatic heterocycles. The fourth-order valence-corrected chi connectivity index (χ4v) is 0.557. The molecule has 0 saturated carbocycles. The first-order valence-corrected chi connectivity index (χ1v) is 4.00. The van der Waals surface area contributed by atoms with E-state index in [4.69, 9.17) is 5.11 Å². The van der Waals surface area contributed by atoms with Gasteiger partial charge in [0, 0.05) is 6.42 Å². The van der Waals surface area contributed by atoms with E-state index in [0.717, 1.165) is 19.3 Å². The lowest BCUT2D eigenvalue weighted by Gasteiger charge is -1.98. The number of unbranched alkanes of at least 4 members (excludes halogenated alkanes) is 2. The number of aliphatic hydroxyl groups excluding tert-OH is 1. The average Bonchev–Trinajstić information content (AvgIpc) is 1.97. The Morgan fingerprint density at radius 3 is 2.73 bits per heavy atom. The van der Waals surface area contributed by atoms with Gasteiger partial charge in [0.2, 0.25) is 0 Å². The summed E-state index contributed by atoms with van der Waals surface area (Å²) in [4.78, 5) is 0. The molecular weight excluding hydrogens is 136 g/mol. The van der Waals surface area contributed by atoms with Gasteiger partial charge in [-0.15, -0.1) is 5.92 Å². The van der Waals surface area contributed by atoms with E-state index >= 15 is 0 Å². The van der Waals surface area contributed by atoms with Crippen molar-refractivity contribution in [1.82, 2.24) is 0 Å². The monoisotopic (exact) mass is 152 g/mol. The van der Waals surface area contributed by atoms with E-state index in [1.54, 1.807) is 6.92 Å². The smallest absolute Gasteiger partial charge is 0.135 e. The third-order valence-corrected chi connectivity index (χ3v) is 1.36. The summed E-state index contributed by atoms with van der Waals surface area (Å²) in [6.07, 6.45) is 2.50. The maximum atomic E-state index is 9.15. The average molecular weight is 152 g/mol. The summed E-state index contributed by atoms with van der Waals surface area (Å²) < 4.78 is 0. The highest BCUT2D eigenvalue weighted by atomic mass is 16.3. The van der Waals surface area contributed by atoms with Gasteiger partial charge in [-0.05, 0) is 18.9 Å². The van der Waals surface area contributed by atoms with Gasteiger partial charge in [-0.25, -0.2) is 0 Å². The van der Waals surface area contributed by atoms with Crippen molar-refractivity contribution in [3.8, 4) is 11.8 Å². The fraction of sp³-hybridized carbons (Fsp3) is 0.600. The topological polar surface area (TPSA) is 20.2 Å². The molecule has 0 aromatic carbocycles. The Labute approximate surface area is 69.1 Å². The molecule has 0 aliphatic carbocycles. The molecule has 1 atom stereocenters. The molecule has 0 aromatic heterocycles. The molecule has 0 rings (SSSR count). The summed E-state index contributed by atoms with van der Waals surface area (Å²) in [5.41, 5.74) is 0.717. The van der Waals surface area contributed by atoms with Gasteiger partial charge >= 0.3 is 0 Å². The van der Waals surface area contributed by atoms with E-state index in [-0.39, 0.29) is 0 Å². The second kappa shape index (κ2) is 6.00. The third kappa shape index (κ3) is 5.69. The summed E-state index contributed by atoms with van der Waals surface area (Å²) in [6.45, 7) is 7.50. The quantitative estimate of drug-likeness (QED) is 0.373. The van der Waals surface area contributed by atoms with Crippen LogP contribution < -0.4 is 0 Å². The van der Waals surface area contributed by atoms with Gasteiger partial charge in [-0.2, -0.15) is 0 Å². The Bertz CT molecular complexity index is 171. The first-order chi connectivity index (χ1) is 5.18. The molecular formula is C10H16O. The highest BCUT2D eigenvalue weighted by Crippen LogP contribution is 1.96. The van der Waals surface area contributed by atoms with E-state index in [0.29, 0.717) is 5.57 Å². The molecule has 0 spiro atoms. The van der Waals surface area contributed by atoms with Crippen LogP contribution in [0.3, 0.4) is 0 Å². The molecule has 0 heterocycles. The van der Waals surface area contributed by atoms with Gasteiger partial charge in [-0.3, -0.25) is 0 Å². The molecule has 0 radical (unpaired) electrons. The Morgan fingerprint density at radius 2 is 2.27 bits per heavy atom. The van der Waals surface area contributed by atoms with E-state index in [1.807, 2.05) is 0 Å². The maximum Gasteiger partial charge on any atom is 0.135 e. The summed E-state index contributed by atoms with van der Waals surface area (Å²) in [6, 6.07) is 0. The van der Waals surface area contributed by atoms with E-state index < -0.39 is 6.10 Å². The summed E-state index contributed by atoms with van der Waals surface area (Å²) in [5.74, 6) is 5.63. The molecule has 0 aromatic rings. The van der Waals surface area contributed by atoms with E-state index in [2.05, 4.69) is 25.3 Å². The lowest BCUT2D eigenvalue weighted by molar-refractivity contribution is 0.269. The van der Waals surface area contributed by atoms with Crippen LogP contribution in [0.2, 0.25) is 0 Å². The van der Waals surface area contributed by atoms with Gasteiger partial charge in [-0.1, -0.05) is 25.8 Å². The van der Waals surface area contributed by atoms with Gasteiger partial charge in [0.05, 0.1) is 0 Å².